The van der Waals surface area contributed by atoms with Gasteiger partial charge in [0.1, 0.15) is 17.0 Å². The summed E-state index contributed by atoms with van der Waals surface area (Å²) in [4.78, 5) is 12.0. The van der Waals surface area contributed by atoms with Crippen molar-refractivity contribution < 1.29 is 14.6 Å². The van der Waals surface area contributed by atoms with Gasteiger partial charge in [-0.15, -0.1) is 0 Å². The van der Waals surface area contributed by atoms with Gasteiger partial charge in [0, 0.05) is 5.56 Å². The number of alkyl halides is 1. The number of amides is 1. The van der Waals surface area contributed by atoms with Gasteiger partial charge < -0.3 is 15.2 Å². The van der Waals surface area contributed by atoms with Crippen molar-refractivity contribution in [3.63, 3.8) is 0 Å². The lowest BCUT2D eigenvalue weighted by Gasteiger charge is -2.08. The summed E-state index contributed by atoms with van der Waals surface area (Å²) in [6, 6.07) is 13.4. The molecule has 2 aromatic rings. The number of hydrogen-bond acceptors (Lipinski definition) is 3. The second-order valence-corrected chi connectivity index (χ2v) is 4.21. The summed E-state index contributed by atoms with van der Waals surface area (Å²) >= 11 is 3.16. The molecule has 0 saturated heterocycles. The Labute approximate surface area is 119 Å². The van der Waals surface area contributed by atoms with Crippen molar-refractivity contribution in [3.05, 3.63) is 54.1 Å². The first kappa shape index (κ1) is 13.4. The minimum atomic E-state index is -0.304. The van der Waals surface area contributed by atoms with E-state index in [2.05, 4.69) is 21.2 Å². The molecule has 0 atom stereocenters. The van der Waals surface area contributed by atoms with Gasteiger partial charge in [0.25, 0.3) is 5.91 Å². The lowest BCUT2D eigenvalue weighted by atomic mass is 10.2. The van der Waals surface area contributed by atoms with Gasteiger partial charge in [-0.25, -0.2) is 0 Å². The monoisotopic (exact) mass is 321 g/mol. The maximum absolute atomic E-state index is 12.0. The van der Waals surface area contributed by atoms with E-state index in [0.717, 1.165) is 0 Å². The molecule has 0 aliphatic carbocycles. The van der Waals surface area contributed by atoms with Crippen LogP contribution in [0.4, 0.5) is 5.69 Å². The molecular formula is C14H12BrNO3. The summed E-state index contributed by atoms with van der Waals surface area (Å²) in [6.45, 7) is 0. The van der Waals surface area contributed by atoms with E-state index in [1.165, 1.54) is 6.07 Å². The van der Waals surface area contributed by atoms with Crippen LogP contribution in [-0.2, 0) is 0 Å². The molecule has 0 heterocycles. The van der Waals surface area contributed by atoms with Gasteiger partial charge in [-0.3, -0.25) is 4.79 Å². The van der Waals surface area contributed by atoms with Gasteiger partial charge >= 0.3 is 0 Å². The van der Waals surface area contributed by atoms with Crippen LogP contribution in [0.25, 0.3) is 0 Å². The first-order chi connectivity index (χ1) is 9.20. The molecule has 0 spiro atoms. The molecule has 0 aliphatic heterocycles. The van der Waals surface area contributed by atoms with Crippen molar-refractivity contribution in [2.75, 3.05) is 10.8 Å². The second kappa shape index (κ2) is 6.24. The molecule has 0 radical (unpaired) electrons. The lowest BCUT2D eigenvalue weighted by Crippen LogP contribution is -2.12. The van der Waals surface area contributed by atoms with Crippen LogP contribution in [0.2, 0.25) is 0 Å². The maximum Gasteiger partial charge on any atom is 0.255 e. The molecule has 2 rings (SSSR count). The number of carbonyl (C=O) groups is 1. The summed E-state index contributed by atoms with van der Waals surface area (Å²) in [6.07, 6.45) is 0. The molecule has 1 amide bonds. The molecule has 2 N–H and O–H groups in total. The number of phenols is 1. The Hall–Kier alpha value is -2.01. The largest absolute Gasteiger partial charge is 0.506 e. The highest BCUT2D eigenvalue weighted by atomic mass is 79.9. The van der Waals surface area contributed by atoms with Crippen LogP contribution in [0, 0.1) is 0 Å². The zero-order valence-electron chi connectivity index (χ0n) is 9.97. The first-order valence-electron chi connectivity index (χ1n) is 5.59. The molecule has 0 aliphatic rings. The van der Waals surface area contributed by atoms with Crippen LogP contribution < -0.4 is 10.1 Å². The number of nitrogens with one attached hydrogen (secondary N) is 1. The first-order valence-corrected chi connectivity index (χ1v) is 6.71. The average molecular weight is 322 g/mol. The molecule has 0 fully saturated rings. The Kier molecular flexibility index (Phi) is 4.41. The van der Waals surface area contributed by atoms with Crippen LogP contribution in [0.5, 0.6) is 11.5 Å². The minimum Gasteiger partial charge on any atom is -0.506 e. The summed E-state index contributed by atoms with van der Waals surface area (Å²) in [5.41, 5.74) is 1.19. The van der Waals surface area contributed by atoms with Gasteiger partial charge in [0.15, 0.2) is 0 Å². The maximum atomic E-state index is 12.0. The van der Waals surface area contributed by atoms with Crippen LogP contribution >= 0.6 is 15.9 Å². The predicted molar refractivity (Wildman–Crippen MR) is 76.9 cm³/mol. The van der Waals surface area contributed by atoms with E-state index in [0.29, 0.717) is 22.5 Å². The molecule has 98 valence electrons. The second-order valence-electron chi connectivity index (χ2n) is 3.75. The molecule has 19 heavy (non-hydrogen) atoms. The fourth-order valence-electron chi connectivity index (χ4n) is 1.56. The zero-order valence-corrected chi connectivity index (χ0v) is 11.6. The SMILES string of the molecule is O=C(Nc1ccccc1O)c1cccc(OCBr)c1. The van der Waals surface area contributed by atoms with E-state index in [1.807, 2.05) is 0 Å². The molecule has 0 aromatic heterocycles. The number of hydrogen-bond donors (Lipinski definition) is 2. The zero-order chi connectivity index (χ0) is 13.7. The van der Waals surface area contributed by atoms with Gasteiger partial charge in [0.05, 0.1) is 5.69 Å². The smallest absolute Gasteiger partial charge is 0.255 e. The Morgan fingerprint density at radius 3 is 2.74 bits per heavy atom. The van der Waals surface area contributed by atoms with Crippen LogP contribution in [0.1, 0.15) is 10.4 Å². The van der Waals surface area contributed by atoms with E-state index in [1.54, 1.807) is 42.5 Å². The van der Waals surface area contributed by atoms with E-state index in [4.69, 9.17) is 4.74 Å². The number of halogens is 1. The van der Waals surface area contributed by atoms with Crippen molar-refractivity contribution in [2.45, 2.75) is 0 Å². The van der Waals surface area contributed by atoms with E-state index >= 15 is 0 Å². The standard InChI is InChI=1S/C14H12BrNO3/c15-9-19-11-5-3-4-10(8-11)14(18)16-12-6-1-2-7-13(12)17/h1-8,17H,9H2,(H,16,18). The van der Waals surface area contributed by atoms with Crippen molar-refractivity contribution in [1.82, 2.24) is 0 Å². The number of para-hydroxylation sites is 2. The highest BCUT2D eigenvalue weighted by Gasteiger charge is 2.09. The summed E-state index contributed by atoms with van der Waals surface area (Å²) in [5.74, 6) is 0.326. The number of rotatable bonds is 4. The third-order valence-corrected chi connectivity index (χ3v) is 2.70. The summed E-state index contributed by atoms with van der Waals surface area (Å²) < 4.78 is 5.26. The Morgan fingerprint density at radius 1 is 1.21 bits per heavy atom. The van der Waals surface area contributed by atoms with E-state index in [9.17, 15) is 9.90 Å². The van der Waals surface area contributed by atoms with Gasteiger partial charge in [-0.05, 0) is 46.3 Å². The van der Waals surface area contributed by atoms with Crippen molar-refractivity contribution >= 4 is 27.5 Å². The molecule has 4 nitrogen and oxygen atoms in total. The topological polar surface area (TPSA) is 58.6 Å². The number of aromatic hydroxyl groups is 1. The Morgan fingerprint density at radius 2 is 2.00 bits per heavy atom. The third kappa shape index (κ3) is 3.48. The number of ether oxygens (including phenoxy) is 1. The molecule has 0 unspecified atom stereocenters. The van der Waals surface area contributed by atoms with Crippen molar-refractivity contribution in [3.8, 4) is 11.5 Å². The Bertz CT molecular complexity index is 586. The Balaban J connectivity index is 2.16. The van der Waals surface area contributed by atoms with Crippen LogP contribution in [-0.4, -0.2) is 16.5 Å². The number of phenolic OH excluding ortho intramolecular Hbond substituents is 1. The average Bonchev–Trinajstić information content (AvgIpc) is 2.42. The van der Waals surface area contributed by atoms with Gasteiger partial charge in [0.2, 0.25) is 0 Å². The van der Waals surface area contributed by atoms with Crippen molar-refractivity contribution in [2.24, 2.45) is 0 Å². The normalized spacial score (nSPS) is 9.95. The van der Waals surface area contributed by atoms with Gasteiger partial charge in [-0.2, -0.15) is 0 Å². The number of anilines is 1. The molecular weight excluding hydrogens is 310 g/mol. The molecule has 5 heteroatoms. The van der Waals surface area contributed by atoms with Crippen LogP contribution in [0.15, 0.2) is 48.5 Å². The minimum absolute atomic E-state index is 0.0312. The number of carbonyl (C=O) groups excluding carboxylic acids is 1. The molecule has 0 saturated carbocycles. The quantitative estimate of drug-likeness (QED) is 0.670. The predicted octanol–water partition coefficient (Wildman–Crippen LogP) is 3.38. The highest BCUT2D eigenvalue weighted by molar-refractivity contribution is 9.09. The number of benzene rings is 2. The lowest BCUT2D eigenvalue weighted by molar-refractivity contribution is 0.102. The van der Waals surface area contributed by atoms with Crippen molar-refractivity contribution in [1.29, 1.82) is 0 Å². The summed E-state index contributed by atoms with van der Waals surface area (Å²) in [5, 5.41) is 12.2. The molecule has 2 aromatic carbocycles. The molecule has 0 bridgehead atoms. The summed E-state index contributed by atoms with van der Waals surface area (Å²) in [7, 11) is 0. The fraction of sp³-hybridized carbons (Fsp3) is 0.0714. The fourth-order valence-corrected chi connectivity index (χ4v) is 1.83. The van der Waals surface area contributed by atoms with E-state index in [-0.39, 0.29) is 11.7 Å². The third-order valence-electron chi connectivity index (χ3n) is 2.47. The van der Waals surface area contributed by atoms with Crippen LogP contribution in [0.3, 0.4) is 0 Å². The van der Waals surface area contributed by atoms with E-state index < -0.39 is 0 Å². The highest BCUT2D eigenvalue weighted by Crippen LogP contribution is 2.23. The van der Waals surface area contributed by atoms with Gasteiger partial charge in [-0.1, -0.05) is 18.2 Å².